The number of nitrogens with one attached hydrogen (secondary N) is 1. The highest BCUT2D eigenvalue weighted by atomic mass is 16.3. The molecular weight excluding hydrogens is 240 g/mol. The molecule has 1 aliphatic rings. The van der Waals surface area contributed by atoms with E-state index in [4.69, 9.17) is 0 Å². The Hall–Kier alpha value is -1.39. The van der Waals surface area contributed by atoms with E-state index < -0.39 is 5.60 Å². The summed E-state index contributed by atoms with van der Waals surface area (Å²) >= 11 is 0. The SMILES string of the molecule is CN(CC(=O)Nc1ccccc1)CC1(O)CCCC1. The first-order chi connectivity index (χ1) is 9.07. The van der Waals surface area contributed by atoms with E-state index in [1.807, 2.05) is 42.3 Å². The van der Waals surface area contributed by atoms with E-state index in [1.54, 1.807) is 0 Å². The minimum Gasteiger partial charge on any atom is -0.389 e. The number of carbonyl (C=O) groups excluding carboxylic acids is 1. The third kappa shape index (κ3) is 4.33. The lowest BCUT2D eigenvalue weighted by molar-refractivity contribution is -0.117. The average molecular weight is 262 g/mol. The number of aliphatic hydroxyl groups is 1. The van der Waals surface area contributed by atoms with Gasteiger partial charge in [0.25, 0.3) is 0 Å². The first-order valence-corrected chi connectivity index (χ1v) is 6.83. The highest BCUT2D eigenvalue weighted by Gasteiger charge is 2.32. The Morgan fingerprint density at radius 3 is 2.58 bits per heavy atom. The number of hydrogen-bond donors (Lipinski definition) is 2. The summed E-state index contributed by atoms with van der Waals surface area (Å²) in [5.41, 5.74) is 0.211. The van der Waals surface area contributed by atoms with Gasteiger partial charge in [0.05, 0.1) is 12.1 Å². The molecule has 0 unspecified atom stereocenters. The predicted octanol–water partition coefficient (Wildman–Crippen LogP) is 1.86. The maximum absolute atomic E-state index is 11.9. The van der Waals surface area contributed by atoms with Gasteiger partial charge in [-0.2, -0.15) is 0 Å². The van der Waals surface area contributed by atoms with E-state index in [2.05, 4.69) is 5.32 Å². The molecule has 1 saturated carbocycles. The van der Waals surface area contributed by atoms with Gasteiger partial charge in [-0.15, -0.1) is 0 Å². The Bertz CT molecular complexity index is 413. The average Bonchev–Trinajstić information content (AvgIpc) is 2.76. The van der Waals surface area contributed by atoms with Gasteiger partial charge in [0.2, 0.25) is 5.91 Å². The highest BCUT2D eigenvalue weighted by Crippen LogP contribution is 2.29. The summed E-state index contributed by atoms with van der Waals surface area (Å²) in [6.07, 6.45) is 3.86. The van der Waals surface area contributed by atoms with Crippen LogP contribution in [0.15, 0.2) is 30.3 Å². The number of benzene rings is 1. The minimum absolute atomic E-state index is 0.0460. The minimum atomic E-state index is -0.595. The summed E-state index contributed by atoms with van der Waals surface area (Å²) in [7, 11) is 1.88. The van der Waals surface area contributed by atoms with Crippen LogP contribution in [0.4, 0.5) is 5.69 Å². The summed E-state index contributed by atoms with van der Waals surface area (Å²) in [5, 5.41) is 13.1. The zero-order chi connectivity index (χ0) is 13.7. The maximum Gasteiger partial charge on any atom is 0.238 e. The Kier molecular flexibility index (Phi) is 4.56. The molecule has 1 aromatic carbocycles. The molecule has 4 nitrogen and oxygen atoms in total. The molecule has 1 fully saturated rings. The highest BCUT2D eigenvalue weighted by molar-refractivity contribution is 5.92. The lowest BCUT2D eigenvalue weighted by atomic mass is 10.0. The first kappa shape index (κ1) is 14.0. The van der Waals surface area contributed by atoms with Crippen molar-refractivity contribution >= 4 is 11.6 Å². The molecular formula is C15H22N2O2. The fourth-order valence-corrected chi connectivity index (χ4v) is 2.72. The lowest BCUT2D eigenvalue weighted by Gasteiger charge is -2.28. The molecule has 0 radical (unpaired) electrons. The molecule has 0 bridgehead atoms. The molecule has 1 aromatic rings. The van der Waals surface area contributed by atoms with Gasteiger partial charge >= 0.3 is 0 Å². The molecule has 0 saturated heterocycles. The van der Waals surface area contributed by atoms with Crippen LogP contribution < -0.4 is 5.32 Å². The summed E-state index contributed by atoms with van der Waals surface area (Å²) in [6.45, 7) is 0.867. The predicted molar refractivity (Wildman–Crippen MR) is 76.0 cm³/mol. The second-order valence-corrected chi connectivity index (χ2v) is 5.52. The van der Waals surface area contributed by atoms with Crippen molar-refractivity contribution in [2.75, 3.05) is 25.5 Å². The standard InChI is InChI=1S/C15H22N2O2/c1-17(12-15(19)9-5-6-10-15)11-14(18)16-13-7-3-2-4-8-13/h2-4,7-8,19H,5-6,9-12H2,1H3,(H,16,18). The molecule has 1 amide bonds. The van der Waals surface area contributed by atoms with E-state index in [0.717, 1.165) is 31.4 Å². The number of anilines is 1. The van der Waals surface area contributed by atoms with Crippen LogP contribution >= 0.6 is 0 Å². The zero-order valence-electron chi connectivity index (χ0n) is 11.4. The van der Waals surface area contributed by atoms with Crippen LogP contribution in [0.5, 0.6) is 0 Å². The first-order valence-electron chi connectivity index (χ1n) is 6.83. The van der Waals surface area contributed by atoms with Crippen LogP contribution in [0.25, 0.3) is 0 Å². The number of hydrogen-bond acceptors (Lipinski definition) is 3. The van der Waals surface area contributed by atoms with Crippen molar-refractivity contribution in [3.05, 3.63) is 30.3 Å². The van der Waals surface area contributed by atoms with Crippen LogP contribution in [-0.2, 0) is 4.79 Å². The van der Waals surface area contributed by atoms with E-state index in [-0.39, 0.29) is 5.91 Å². The van der Waals surface area contributed by atoms with Crippen LogP contribution in [0.1, 0.15) is 25.7 Å². The second kappa shape index (κ2) is 6.17. The van der Waals surface area contributed by atoms with Crippen molar-refractivity contribution in [1.82, 2.24) is 4.90 Å². The summed E-state index contributed by atoms with van der Waals surface area (Å²) < 4.78 is 0. The summed E-state index contributed by atoms with van der Waals surface area (Å²) in [6, 6.07) is 9.42. The molecule has 4 heteroatoms. The van der Waals surface area contributed by atoms with Crippen LogP contribution in [0.2, 0.25) is 0 Å². The van der Waals surface area contributed by atoms with E-state index in [9.17, 15) is 9.90 Å². The molecule has 2 rings (SSSR count). The lowest BCUT2D eigenvalue weighted by Crippen LogP contribution is -2.42. The molecule has 0 aliphatic heterocycles. The van der Waals surface area contributed by atoms with E-state index >= 15 is 0 Å². The van der Waals surface area contributed by atoms with Gasteiger partial charge in [0.15, 0.2) is 0 Å². The molecule has 0 spiro atoms. The van der Waals surface area contributed by atoms with Gasteiger partial charge < -0.3 is 10.4 Å². The van der Waals surface area contributed by atoms with Crippen LogP contribution in [0.3, 0.4) is 0 Å². The number of likely N-dealkylation sites (N-methyl/N-ethyl adjacent to an activating group) is 1. The quantitative estimate of drug-likeness (QED) is 0.851. The van der Waals surface area contributed by atoms with Gasteiger partial charge in [0.1, 0.15) is 0 Å². The van der Waals surface area contributed by atoms with Crippen molar-refractivity contribution in [2.24, 2.45) is 0 Å². The Morgan fingerprint density at radius 2 is 1.95 bits per heavy atom. The van der Waals surface area contributed by atoms with Crippen molar-refractivity contribution in [3.63, 3.8) is 0 Å². The van der Waals surface area contributed by atoms with Gasteiger partial charge in [-0.3, -0.25) is 9.69 Å². The monoisotopic (exact) mass is 262 g/mol. The number of para-hydroxylation sites is 1. The summed E-state index contributed by atoms with van der Waals surface area (Å²) in [4.78, 5) is 13.8. The van der Waals surface area contributed by atoms with Crippen molar-refractivity contribution < 1.29 is 9.90 Å². The largest absolute Gasteiger partial charge is 0.389 e. The molecule has 0 aromatic heterocycles. The molecule has 2 N–H and O–H groups in total. The second-order valence-electron chi connectivity index (χ2n) is 5.52. The third-order valence-corrected chi connectivity index (χ3v) is 3.57. The van der Waals surface area contributed by atoms with Gasteiger partial charge in [0, 0.05) is 12.2 Å². The smallest absolute Gasteiger partial charge is 0.238 e. The number of amides is 1. The van der Waals surface area contributed by atoms with E-state index in [0.29, 0.717) is 13.1 Å². The van der Waals surface area contributed by atoms with Crippen LogP contribution in [-0.4, -0.2) is 41.7 Å². The van der Waals surface area contributed by atoms with Crippen molar-refractivity contribution in [1.29, 1.82) is 0 Å². The van der Waals surface area contributed by atoms with Crippen molar-refractivity contribution in [2.45, 2.75) is 31.3 Å². The summed E-state index contributed by atoms with van der Waals surface area (Å²) in [5.74, 6) is -0.0460. The Morgan fingerprint density at radius 1 is 1.32 bits per heavy atom. The molecule has 19 heavy (non-hydrogen) atoms. The molecule has 0 atom stereocenters. The number of rotatable bonds is 5. The van der Waals surface area contributed by atoms with Gasteiger partial charge in [-0.25, -0.2) is 0 Å². The van der Waals surface area contributed by atoms with Gasteiger partial charge in [-0.1, -0.05) is 31.0 Å². The van der Waals surface area contributed by atoms with E-state index in [1.165, 1.54) is 0 Å². The topological polar surface area (TPSA) is 52.6 Å². The maximum atomic E-state index is 11.9. The van der Waals surface area contributed by atoms with Crippen LogP contribution in [0, 0.1) is 0 Å². The molecule has 104 valence electrons. The zero-order valence-corrected chi connectivity index (χ0v) is 11.4. The fourth-order valence-electron chi connectivity index (χ4n) is 2.72. The third-order valence-electron chi connectivity index (χ3n) is 3.57. The molecule has 1 aliphatic carbocycles. The fraction of sp³-hybridized carbons (Fsp3) is 0.533. The Labute approximate surface area is 114 Å². The van der Waals surface area contributed by atoms with Gasteiger partial charge in [-0.05, 0) is 32.0 Å². The normalized spacial score (nSPS) is 17.6. The molecule has 0 heterocycles. The van der Waals surface area contributed by atoms with Crippen molar-refractivity contribution in [3.8, 4) is 0 Å². The number of carbonyl (C=O) groups is 1. The number of nitrogens with zero attached hydrogens (tertiary/aromatic N) is 1. The Balaban J connectivity index is 1.78.